The van der Waals surface area contributed by atoms with Crippen molar-refractivity contribution in [2.75, 3.05) is 20.1 Å². The maximum Gasteiger partial charge on any atom is 0.223 e. The summed E-state index contributed by atoms with van der Waals surface area (Å²) in [5, 5.41) is 9.40. The summed E-state index contributed by atoms with van der Waals surface area (Å²) in [6, 6.07) is 8.27. The molecule has 3 N–H and O–H groups in total. The highest BCUT2D eigenvalue weighted by Gasteiger charge is 2.28. The minimum absolute atomic E-state index is 0. The first-order chi connectivity index (χ1) is 10.2. The molecule has 1 aliphatic carbocycles. The average molecular weight is 416 g/mol. The first kappa shape index (κ1) is 18.7. The highest BCUT2D eigenvalue weighted by molar-refractivity contribution is 14.0. The van der Waals surface area contributed by atoms with Crippen LogP contribution in [0.1, 0.15) is 24.0 Å². The smallest absolute Gasteiger partial charge is 0.223 e. The van der Waals surface area contributed by atoms with Crippen LogP contribution in [0, 0.1) is 12.8 Å². The molecule has 0 radical (unpaired) electrons. The third kappa shape index (κ3) is 6.21. The molecule has 5 nitrogen and oxygen atoms in total. The first-order valence-electron chi connectivity index (χ1n) is 7.47. The van der Waals surface area contributed by atoms with Gasteiger partial charge in [-0.3, -0.25) is 9.79 Å². The molecular formula is C16H25IN4O. The van der Waals surface area contributed by atoms with Crippen molar-refractivity contribution < 1.29 is 4.79 Å². The van der Waals surface area contributed by atoms with Gasteiger partial charge < -0.3 is 16.0 Å². The number of hydrogen-bond donors (Lipinski definition) is 3. The van der Waals surface area contributed by atoms with E-state index in [-0.39, 0.29) is 35.8 Å². The topological polar surface area (TPSA) is 65.5 Å². The number of carbonyl (C=O) groups excluding carboxylic acids is 1. The molecule has 0 bridgehead atoms. The van der Waals surface area contributed by atoms with Gasteiger partial charge in [-0.2, -0.15) is 0 Å². The third-order valence-electron chi connectivity index (χ3n) is 3.60. The fourth-order valence-corrected chi connectivity index (χ4v) is 2.06. The number of guanidine groups is 1. The molecule has 0 unspecified atom stereocenters. The number of aliphatic imine (C=N–C) groups is 1. The summed E-state index contributed by atoms with van der Waals surface area (Å²) in [5.74, 6) is 1.20. The number of amides is 1. The van der Waals surface area contributed by atoms with E-state index in [0.29, 0.717) is 13.1 Å². The molecule has 1 aromatic rings. The van der Waals surface area contributed by atoms with Crippen molar-refractivity contribution in [2.45, 2.75) is 26.3 Å². The first-order valence-corrected chi connectivity index (χ1v) is 7.47. The van der Waals surface area contributed by atoms with Gasteiger partial charge in [-0.25, -0.2) is 0 Å². The standard InChI is InChI=1S/C16H24N4O.HI/c1-12-5-3-4-6-14(12)11-20-16(17-2)19-10-9-18-15(21)13-7-8-13;/h3-6,13H,7-11H2,1-2H3,(H,18,21)(H2,17,19,20);1H. The predicted molar refractivity (Wildman–Crippen MR) is 101 cm³/mol. The molecule has 122 valence electrons. The summed E-state index contributed by atoms with van der Waals surface area (Å²) in [6.45, 7) is 4.13. The van der Waals surface area contributed by atoms with Gasteiger partial charge in [0.25, 0.3) is 0 Å². The number of carbonyl (C=O) groups is 1. The normalized spacial score (nSPS) is 14.0. The van der Waals surface area contributed by atoms with E-state index in [1.54, 1.807) is 7.05 Å². The number of aryl methyl sites for hydroxylation is 1. The van der Waals surface area contributed by atoms with E-state index in [4.69, 9.17) is 0 Å². The van der Waals surface area contributed by atoms with E-state index in [1.165, 1.54) is 11.1 Å². The number of nitrogens with zero attached hydrogens (tertiary/aromatic N) is 1. The maximum absolute atomic E-state index is 11.5. The summed E-state index contributed by atoms with van der Waals surface area (Å²) in [7, 11) is 1.75. The Morgan fingerprint density at radius 2 is 1.86 bits per heavy atom. The van der Waals surface area contributed by atoms with Crippen molar-refractivity contribution >= 4 is 35.8 Å². The quantitative estimate of drug-likeness (QED) is 0.287. The molecule has 1 aromatic carbocycles. The van der Waals surface area contributed by atoms with Gasteiger partial charge >= 0.3 is 0 Å². The van der Waals surface area contributed by atoms with Crippen LogP contribution >= 0.6 is 24.0 Å². The molecule has 0 spiro atoms. The zero-order valence-corrected chi connectivity index (χ0v) is 15.5. The Morgan fingerprint density at radius 3 is 2.50 bits per heavy atom. The van der Waals surface area contributed by atoms with E-state index < -0.39 is 0 Å². The van der Waals surface area contributed by atoms with Crippen LogP contribution in [-0.2, 0) is 11.3 Å². The van der Waals surface area contributed by atoms with Crippen LogP contribution in [-0.4, -0.2) is 32.0 Å². The zero-order chi connectivity index (χ0) is 15.1. The Morgan fingerprint density at radius 1 is 1.18 bits per heavy atom. The molecule has 1 saturated carbocycles. The Labute approximate surface area is 149 Å². The molecule has 0 saturated heterocycles. The lowest BCUT2D eigenvalue weighted by molar-refractivity contribution is -0.122. The van der Waals surface area contributed by atoms with Gasteiger partial charge in [-0.15, -0.1) is 24.0 Å². The number of nitrogens with one attached hydrogen (secondary N) is 3. The van der Waals surface area contributed by atoms with Gasteiger partial charge in [0.15, 0.2) is 5.96 Å². The van der Waals surface area contributed by atoms with E-state index in [1.807, 2.05) is 12.1 Å². The second kappa shape index (κ2) is 9.66. The van der Waals surface area contributed by atoms with Crippen molar-refractivity contribution in [1.29, 1.82) is 0 Å². The molecule has 1 amide bonds. The lowest BCUT2D eigenvalue weighted by atomic mass is 10.1. The Bertz CT molecular complexity index is 515. The molecule has 1 fully saturated rings. The summed E-state index contributed by atoms with van der Waals surface area (Å²) in [4.78, 5) is 15.7. The van der Waals surface area contributed by atoms with Crippen LogP contribution in [0.4, 0.5) is 0 Å². The highest BCUT2D eigenvalue weighted by atomic mass is 127. The minimum Gasteiger partial charge on any atom is -0.355 e. The molecule has 6 heteroatoms. The van der Waals surface area contributed by atoms with Gasteiger partial charge in [-0.1, -0.05) is 24.3 Å². The van der Waals surface area contributed by atoms with Gasteiger partial charge in [-0.05, 0) is 30.9 Å². The molecule has 2 rings (SSSR count). The van der Waals surface area contributed by atoms with Gasteiger partial charge in [0.05, 0.1) is 0 Å². The molecular weight excluding hydrogens is 391 g/mol. The van der Waals surface area contributed by atoms with Crippen molar-refractivity contribution in [1.82, 2.24) is 16.0 Å². The average Bonchev–Trinajstić information content (AvgIpc) is 3.32. The maximum atomic E-state index is 11.5. The minimum atomic E-state index is 0. The van der Waals surface area contributed by atoms with Crippen LogP contribution in [0.2, 0.25) is 0 Å². The second-order valence-corrected chi connectivity index (χ2v) is 5.34. The zero-order valence-electron chi connectivity index (χ0n) is 13.2. The van der Waals surface area contributed by atoms with Gasteiger partial charge in [0.2, 0.25) is 5.91 Å². The summed E-state index contributed by atoms with van der Waals surface area (Å²) in [5.41, 5.74) is 2.51. The Balaban J connectivity index is 0.00000242. The van der Waals surface area contributed by atoms with Gasteiger partial charge in [0, 0.05) is 32.6 Å². The van der Waals surface area contributed by atoms with E-state index in [2.05, 4.69) is 40.0 Å². The van der Waals surface area contributed by atoms with Crippen molar-refractivity contribution in [3.63, 3.8) is 0 Å². The van der Waals surface area contributed by atoms with Crippen molar-refractivity contribution in [3.05, 3.63) is 35.4 Å². The number of benzene rings is 1. The van der Waals surface area contributed by atoms with Crippen LogP contribution < -0.4 is 16.0 Å². The number of rotatable bonds is 6. The highest BCUT2D eigenvalue weighted by Crippen LogP contribution is 2.28. The lowest BCUT2D eigenvalue weighted by Crippen LogP contribution is -2.41. The largest absolute Gasteiger partial charge is 0.355 e. The van der Waals surface area contributed by atoms with Crippen LogP contribution in [0.3, 0.4) is 0 Å². The summed E-state index contributed by atoms with van der Waals surface area (Å²) < 4.78 is 0. The van der Waals surface area contributed by atoms with Gasteiger partial charge in [0.1, 0.15) is 0 Å². The number of halogens is 1. The van der Waals surface area contributed by atoms with Crippen LogP contribution in [0.25, 0.3) is 0 Å². The monoisotopic (exact) mass is 416 g/mol. The van der Waals surface area contributed by atoms with Crippen LogP contribution in [0.5, 0.6) is 0 Å². The summed E-state index contributed by atoms with van der Waals surface area (Å²) >= 11 is 0. The molecule has 1 aliphatic rings. The van der Waals surface area contributed by atoms with E-state index in [9.17, 15) is 4.79 Å². The lowest BCUT2D eigenvalue weighted by Gasteiger charge is -2.13. The fraction of sp³-hybridized carbons (Fsp3) is 0.500. The van der Waals surface area contributed by atoms with E-state index >= 15 is 0 Å². The molecule has 0 aromatic heterocycles. The molecule has 0 atom stereocenters. The third-order valence-corrected chi connectivity index (χ3v) is 3.60. The Kier molecular flexibility index (Phi) is 8.22. The Hall–Kier alpha value is -1.31. The molecule has 0 aliphatic heterocycles. The fourth-order valence-electron chi connectivity index (χ4n) is 2.06. The van der Waals surface area contributed by atoms with E-state index in [0.717, 1.165) is 25.3 Å². The van der Waals surface area contributed by atoms with Crippen molar-refractivity contribution in [3.8, 4) is 0 Å². The molecule has 22 heavy (non-hydrogen) atoms. The SMILES string of the molecule is CN=C(NCCNC(=O)C1CC1)NCc1ccccc1C.I. The molecule has 0 heterocycles. The van der Waals surface area contributed by atoms with Crippen LogP contribution in [0.15, 0.2) is 29.3 Å². The number of hydrogen-bond acceptors (Lipinski definition) is 2. The summed E-state index contributed by atoms with van der Waals surface area (Å²) in [6.07, 6.45) is 2.08. The second-order valence-electron chi connectivity index (χ2n) is 5.34. The predicted octanol–water partition coefficient (Wildman–Crippen LogP) is 1.80. The van der Waals surface area contributed by atoms with Crippen molar-refractivity contribution in [2.24, 2.45) is 10.9 Å².